The predicted octanol–water partition coefficient (Wildman–Crippen LogP) is 8.74. The number of carboxylic acid groups (broad SMARTS) is 2. The highest BCUT2D eigenvalue weighted by molar-refractivity contribution is 6.52. The molecule has 2 aliphatic heterocycles. The molecule has 8 aromatic carbocycles. The van der Waals surface area contributed by atoms with Crippen molar-refractivity contribution in [3.63, 3.8) is 0 Å². The lowest BCUT2D eigenvalue weighted by Crippen LogP contribution is -2.46. The third-order valence-corrected chi connectivity index (χ3v) is 13.3. The van der Waals surface area contributed by atoms with Crippen LogP contribution >= 0.6 is 0 Å². The first-order valence-corrected chi connectivity index (χ1v) is 20.2. The summed E-state index contributed by atoms with van der Waals surface area (Å²) in [6, 6.07) is 45.0. The number of fused-ring (bicyclic) bond motifs is 10. The molecule has 294 valence electrons. The number of aliphatic hydroxyl groups excluding tert-OH is 1. The van der Waals surface area contributed by atoms with E-state index in [1.165, 1.54) is 0 Å². The molecular weight excluding hydrogens is 777 g/mol. The lowest BCUT2D eigenvalue weighted by atomic mass is 9.79. The maximum Gasteiger partial charge on any atom is 0.336 e. The lowest BCUT2D eigenvalue weighted by molar-refractivity contribution is -0.109. The average molecular weight is 807 g/mol. The number of hydrogen-bond acceptors (Lipinski definition) is 8. The number of rotatable bonds is 3. The Balaban J connectivity index is 1.05. The van der Waals surface area contributed by atoms with Crippen LogP contribution in [-0.4, -0.2) is 33.0 Å². The Morgan fingerprint density at radius 1 is 0.516 bits per heavy atom. The summed E-state index contributed by atoms with van der Waals surface area (Å²) in [5.74, 6) is -2.74. The fourth-order valence-corrected chi connectivity index (χ4v) is 10.9. The summed E-state index contributed by atoms with van der Waals surface area (Å²) < 4.78 is 0. The van der Waals surface area contributed by atoms with E-state index in [2.05, 4.69) is 16.0 Å². The van der Waals surface area contributed by atoms with Crippen molar-refractivity contribution >= 4 is 67.5 Å². The second-order valence-corrected chi connectivity index (χ2v) is 16.3. The molecule has 3 aliphatic carbocycles. The Morgan fingerprint density at radius 2 is 1.13 bits per heavy atom. The standard InChI is InChI=1S/C52H30N4O6/c57-47-41(31-23-21-25-9-5-19-37-39(25)45(31)55-51(53-37)35-17-3-1-11-27(35)29-13-7-15-33(43(29)51)49(59)60)48(58)42(47)32-24-22-26-10-6-20-38-40(26)46(32)56-52(54-38)36-18-4-2-12-28(36)30-14-8-16-34(44(30)52)50(61)62/h1-24,53,55-57H,(H,59,60)(H,61,62)/b42-32+. The molecule has 0 saturated heterocycles. The smallest absolute Gasteiger partial charge is 0.336 e. The number of benzene rings is 8. The zero-order valence-electron chi connectivity index (χ0n) is 32.4. The first kappa shape index (κ1) is 34.4. The fourth-order valence-electron chi connectivity index (χ4n) is 10.9. The molecule has 2 unspecified atom stereocenters. The van der Waals surface area contributed by atoms with Gasteiger partial charge in [0.1, 0.15) is 5.76 Å². The van der Waals surface area contributed by atoms with Crippen LogP contribution in [0.3, 0.4) is 0 Å². The van der Waals surface area contributed by atoms with Gasteiger partial charge in [-0.1, -0.05) is 121 Å². The van der Waals surface area contributed by atoms with E-state index in [0.717, 1.165) is 60.6 Å². The number of nitrogens with zero attached hydrogens (tertiary/aromatic N) is 1. The van der Waals surface area contributed by atoms with Crippen molar-refractivity contribution in [2.24, 2.45) is 4.99 Å². The van der Waals surface area contributed by atoms with Gasteiger partial charge in [-0.3, -0.25) is 4.79 Å². The van der Waals surface area contributed by atoms with E-state index < -0.39 is 23.3 Å². The van der Waals surface area contributed by atoms with Crippen molar-refractivity contribution in [3.8, 4) is 22.3 Å². The van der Waals surface area contributed by atoms with E-state index in [9.17, 15) is 29.7 Å². The second kappa shape index (κ2) is 11.6. The van der Waals surface area contributed by atoms with Crippen LogP contribution in [0, 0.1) is 0 Å². The van der Waals surface area contributed by atoms with E-state index in [0.29, 0.717) is 38.6 Å². The topological polar surface area (TPSA) is 160 Å². The normalized spacial score (nSPS) is 20.1. The maximum atomic E-state index is 15.0. The number of carbonyl (C=O) groups excluding carboxylic acids is 1. The van der Waals surface area contributed by atoms with Crippen molar-refractivity contribution < 1.29 is 29.7 Å². The van der Waals surface area contributed by atoms with Gasteiger partial charge >= 0.3 is 11.9 Å². The Bertz CT molecular complexity index is 3690. The van der Waals surface area contributed by atoms with Crippen LogP contribution in [0.4, 0.5) is 17.1 Å². The molecule has 0 aromatic heterocycles. The molecule has 8 aromatic rings. The number of allylic oxidation sites excluding steroid dienone is 2. The van der Waals surface area contributed by atoms with E-state index in [-0.39, 0.29) is 33.8 Å². The molecule has 2 atom stereocenters. The zero-order valence-corrected chi connectivity index (χ0v) is 32.4. The van der Waals surface area contributed by atoms with Gasteiger partial charge in [0, 0.05) is 49.5 Å². The summed E-state index contributed by atoms with van der Waals surface area (Å²) in [6.45, 7) is 0. The Hall–Kier alpha value is -8.50. The van der Waals surface area contributed by atoms with Crippen molar-refractivity contribution in [3.05, 3.63) is 201 Å². The summed E-state index contributed by atoms with van der Waals surface area (Å²) in [4.78, 5) is 46.1. The Labute approximate surface area is 351 Å². The SMILES string of the molecule is O=C1C(c2ccc3cccc4c3c2NC2(N4)c3ccccc3-c3cccc(C(=O)O)c32)=C(O)/C1=c1/ccc2cccc3c2c1NC1(N=3)c2ccccc2-c2cccc(C(=O)O)c21. The van der Waals surface area contributed by atoms with Gasteiger partial charge in [0.2, 0.25) is 5.78 Å². The molecule has 62 heavy (non-hydrogen) atoms. The van der Waals surface area contributed by atoms with E-state index >= 15 is 0 Å². The van der Waals surface area contributed by atoms with Gasteiger partial charge in [0.05, 0.1) is 39.0 Å². The minimum atomic E-state index is -1.36. The number of aliphatic hydroxyl groups is 1. The van der Waals surface area contributed by atoms with E-state index in [4.69, 9.17) is 4.99 Å². The molecule has 0 bridgehead atoms. The van der Waals surface area contributed by atoms with E-state index in [1.54, 1.807) is 24.3 Å². The Morgan fingerprint density at radius 3 is 1.87 bits per heavy atom. The quantitative estimate of drug-likeness (QED) is 0.103. The van der Waals surface area contributed by atoms with Crippen LogP contribution < -0.4 is 26.5 Å². The second-order valence-electron chi connectivity index (χ2n) is 16.3. The molecule has 5 aliphatic rings. The van der Waals surface area contributed by atoms with Gasteiger partial charge in [0.25, 0.3) is 0 Å². The molecule has 0 fully saturated rings. The van der Waals surface area contributed by atoms with Gasteiger partial charge in [-0.15, -0.1) is 0 Å². The number of nitrogens with one attached hydrogen (secondary N) is 3. The number of Topliss-reactive ketones (excluding diaryl/α,β-unsaturated/α-hetero) is 1. The highest BCUT2D eigenvalue weighted by Crippen LogP contribution is 2.57. The molecule has 6 N–H and O–H groups in total. The highest BCUT2D eigenvalue weighted by Gasteiger charge is 2.51. The number of aromatic carboxylic acids is 2. The first-order valence-electron chi connectivity index (χ1n) is 20.2. The van der Waals surface area contributed by atoms with Gasteiger partial charge in [-0.25, -0.2) is 14.6 Å². The van der Waals surface area contributed by atoms with Crippen LogP contribution in [0.2, 0.25) is 0 Å². The molecule has 0 amide bonds. The largest absolute Gasteiger partial charge is 0.506 e. The summed E-state index contributed by atoms with van der Waals surface area (Å²) in [7, 11) is 0. The van der Waals surface area contributed by atoms with Crippen LogP contribution in [-0.2, 0) is 16.1 Å². The Kier molecular flexibility index (Phi) is 6.44. The molecule has 0 saturated carbocycles. The monoisotopic (exact) mass is 806 g/mol. The lowest BCUT2D eigenvalue weighted by Gasteiger charge is -2.42. The molecule has 2 spiro atoms. The minimum absolute atomic E-state index is 0.104. The van der Waals surface area contributed by atoms with Crippen LogP contribution in [0.1, 0.15) is 48.5 Å². The number of ketones is 1. The third kappa shape index (κ3) is 4.08. The maximum absolute atomic E-state index is 15.0. The molecule has 10 nitrogen and oxygen atoms in total. The van der Waals surface area contributed by atoms with Crippen molar-refractivity contribution in [1.82, 2.24) is 0 Å². The van der Waals surface area contributed by atoms with Gasteiger partial charge in [-0.05, 0) is 57.3 Å². The summed E-state index contributed by atoms with van der Waals surface area (Å²) in [6.07, 6.45) is 0. The third-order valence-electron chi connectivity index (χ3n) is 13.3. The van der Waals surface area contributed by atoms with Crippen LogP contribution in [0.25, 0.3) is 54.9 Å². The van der Waals surface area contributed by atoms with Gasteiger partial charge in [-0.2, -0.15) is 0 Å². The average Bonchev–Trinajstić information content (AvgIpc) is 3.71. The highest BCUT2D eigenvalue weighted by atomic mass is 16.4. The van der Waals surface area contributed by atoms with Crippen molar-refractivity contribution in [2.75, 3.05) is 16.0 Å². The number of carboxylic acids is 2. The summed E-state index contributed by atoms with van der Waals surface area (Å²) in [5, 5.41) is 48.9. The van der Waals surface area contributed by atoms with Crippen molar-refractivity contribution in [1.29, 1.82) is 0 Å². The van der Waals surface area contributed by atoms with Crippen LogP contribution in [0.5, 0.6) is 0 Å². The fraction of sp³-hybridized carbons (Fsp3) is 0.0385. The molecule has 10 heteroatoms. The number of carbonyl (C=O) groups is 3. The predicted molar refractivity (Wildman–Crippen MR) is 237 cm³/mol. The van der Waals surface area contributed by atoms with E-state index in [1.807, 2.05) is 121 Å². The van der Waals surface area contributed by atoms with Gasteiger partial charge < -0.3 is 31.3 Å². The molecule has 2 heterocycles. The summed E-state index contributed by atoms with van der Waals surface area (Å²) >= 11 is 0. The number of hydrogen-bond donors (Lipinski definition) is 6. The molecular formula is C52H30N4O6. The summed E-state index contributed by atoms with van der Waals surface area (Å²) in [5.41, 5.74) is 6.08. The zero-order chi connectivity index (χ0) is 41.8. The van der Waals surface area contributed by atoms with Gasteiger partial charge in [0.15, 0.2) is 11.3 Å². The first-order chi connectivity index (χ1) is 30.2. The molecule has 13 rings (SSSR count). The van der Waals surface area contributed by atoms with Crippen molar-refractivity contribution in [2.45, 2.75) is 11.3 Å². The minimum Gasteiger partial charge on any atom is -0.506 e. The number of anilines is 3. The van der Waals surface area contributed by atoms with Crippen LogP contribution in [0.15, 0.2) is 156 Å². The molecule has 0 radical (unpaired) electrons.